The number of aryl methyl sites for hydroxylation is 1. The van der Waals surface area contributed by atoms with Crippen molar-refractivity contribution < 1.29 is 17.6 Å². The van der Waals surface area contributed by atoms with E-state index < -0.39 is 22.6 Å². The fourth-order valence-electron chi connectivity index (χ4n) is 3.46. The summed E-state index contributed by atoms with van der Waals surface area (Å²) in [6.07, 6.45) is -4.41. The summed E-state index contributed by atoms with van der Waals surface area (Å²) in [5, 5.41) is 0.0561. The zero-order valence-corrected chi connectivity index (χ0v) is 18.4. The second-order valence-corrected chi connectivity index (χ2v) is 8.85. The van der Waals surface area contributed by atoms with Crippen molar-refractivity contribution >= 4 is 34.6 Å². The van der Waals surface area contributed by atoms with Crippen LogP contribution in [-0.2, 0) is 12.7 Å². The second-order valence-electron chi connectivity index (χ2n) is 7.28. The van der Waals surface area contributed by atoms with Crippen molar-refractivity contribution in [3.8, 4) is 0 Å². The molecule has 12 heteroatoms. The fraction of sp³-hybridized carbons (Fsp3) is 0.350. The van der Waals surface area contributed by atoms with Gasteiger partial charge in [-0.3, -0.25) is 4.57 Å². The molecule has 0 atom stereocenters. The molecule has 0 spiro atoms. The predicted octanol–water partition coefficient (Wildman–Crippen LogP) is 4.19. The van der Waals surface area contributed by atoms with Gasteiger partial charge in [0, 0.05) is 36.7 Å². The molecule has 0 saturated carbocycles. The molecule has 4 rings (SSSR count). The van der Waals surface area contributed by atoms with Crippen molar-refractivity contribution in [2.75, 3.05) is 36.0 Å². The summed E-state index contributed by atoms with van der Waals surface area (Å²) in [7, 11) is 0. The first-order valence-corrected chi connectivity index (χ1v) is 10.9. The van der Waals surface area contributed by atoms with E-state index in [1.807, 2.05) is 9.80 Å². The molecule has 3 aromatic rings. The summed E-state index contributed by atoms with van der Waals surface area (Å²) in [6, 6.07) is 6.91. The highest BCUT2D eigenvalue weighted by molar-refractivity contribution is 7.12. The van der Waals surface area contributed by atoms with Gasteiger partial charge in [-0.2, -0.15) is 23.1 Å². The van der Waals surface area contributed by atoms with Gasteiger partial charge in [0.25, 0.3) is 0 Å². The first-order chi connectivity index (χ1) is 15.1. The topological polar surface area (TPSA) is 54.3 Å². The minimum absolute atomic E-state index is 0.0230. The number of anilines is 2. The van der Waals surface area contributed by atoms with Crippen LogP contribution in [0.1, 0.15) is 15.6 Å². The molecule has 3 heterocycles. The van der Waals surface area contributed by atoms with Gasteiger partial charge in [0.1, 0.15) is 16.5 Å². The molecular formula is C20H18ClF4N5OS. The van der Waals surface area contributed by atoms with E-state index in [1.54, 1.807) is 19.1 Å². The molecule has 2 aromatic heterocycles. The molecule has 32 heavy (non-hydrogen) atoms. The molecule has 0 N–H and O–H groups in total. The molecule has 1 aromatic carbocycles. The quantitative estimate of drug-likeness (QED) is 0.516. The fourth-order valence-corrected chi connectivity index (χ4v) is 4.49. The van der Waals surface area contributed by atoms with Gasteiger partial charge < -0.3 is 9.80 Å². The third kappa shape index (κ3) is 4.73. The van der Waals surface area contributed by atoms with Crippen LogP contribution in [0.2, 0.25) is 5.02 Å². The molecule has 1 aliphatic heterocycles. The van der Waals surface area contributed by atoms with Crippen molar-refractivity contribution in [3.05, 3.63) is 67.2 Å². The van der Waals surface area contributed by atoms with E-state index in [1.165, 1.54) is 16.7 Å². The number of piperazine rings is 1. The Balaban J connectivity index is 1.46. The zero-order valence-electron chi connectivity index (χ0n) is 16.9. The van der Waals surface area contributed by atoms with Gasteiger partial charge in [-0.1, -0.05) is 11.6 Å². The van der Waals surface area contributed by atoms with Crippen LogP contribution in [0.5, 0.6) is 0 Å². The van der Waals surface area contributed by atoms with E-state index in [2.05, 4.69) is 9.97 Å². The van der Waals surface area contributed by atoms with Gasteiger partial charge >= 0.3 is 11.9 Å². The predicted molar refractivity (Wildman–Crippen MR) is 115 cm³/mol. The summed E-state index contributed by atoms with van der Waals surface area (Å²) in [5.41, 5.74) is 0.236. The van der Waals surface area contributed by atoms with Gasteiger partial charge in [-0.25, -0.2) is 9.18 Å². The number of hydrogen-bond acceptors (Lipinski definition) is 6. The minimum Gasteiger partial charge on any atom is -0.368 e. The summed E-state index contributed by atoms with van der Waals surface area (Å²) < 4.78 is 53.1. The van der Waals surface area contributed by atoms with Crippen LogP contribution in [-0.4, -0.2) is 40.7 Å². The summed E-state index contributed by atoms with van der Waals surface area (Å²) in [5.74, 6) is 0.174. The van der Waals surface area contributed by atoms with E-state index in [0.717, 1.165) is 11.8 Å². The average molecular weight is 488 g/mol. The van der Waals surface area contributed by atoms with Crippen molar-refractivity contribution in [1.82, 2.24) is 14.5 Å². The molecular weight excluding hydrogens is 470 g/mol. The van der Waals surface area contributed by atoms with Gasteiger partial charge in [0.15, 0.2) is 0 Å². The molecule has 0 aliphatic carbocycles. The Hall–Kier alpha value is -2.66. The summed E-state index contributed by atoms with van der Waals surface area (Å²) >= 11 is 6.46. The Morgan fingerprint density at radius 3 is 2.34 bits per heavy atom. The van der Waals surface area contributed by atoms with Gasteiger partial charge in [0.2, 0.25) is 5.95 Å². The zero-order chi connectivity index (χ0) is 23.0. The number of alkyl halides is 3. The number of hydrogen-bond donors (Lipinski definition) is 0. The van der Waals surface area contributed by atoms with Crippen molar-refractivity contribution in [2.24, 2.45) is 0 Å². The lowest BCUT2D eigenvalue weighted by molar-refractivity contribution is -0.134. The lowest BCUT2D eigenvalue weighted by atomic mass is 10.2. The molecule has 1 fully saturated rings. The lowest BCUT2D eigenvalue weighted by Crippen LogP contribution is -2.48. The normalized spacial score (nSPS) is 14.8. The van der Waals surface area contributed by atoms with Crippen LogP contribution in [0.4, 0.5) is 29.2 Å². The monoisotopic (exact) mass is 487 g/mol. The highest BCUT2D eigenvalue weighted by atomic mass is 35.5. The molecule has 6 nitrogen and oxygen atoms in total. The maximum Gasteiger partial charge on any atom is 0.425 e. The van der Waals surface area contributed by atoms with E-state index in [-0.39, 0.29) is 17.5 Å². The first kappa shape index (κ1) is 22.5. The molecule has 0 radical (unpaired) electrons. The first-order valence-electron chi connectivity index (χ1n) is 9.68. The number of halogens is 5. The highest BCUT2D eigenvalue weighted by Crippen LogP contribution is 2.34. The van der Waals surface area contributed by atoms with E-state index in [9.17, 15) is 22.4 Å². The van der Waals surface area contributed by atoms with Crippen LogP contribution < -0.4 is 15.5 Å². The van der Waals surface area contributed by atoms with Crippen LogP contribution in [0.15, 0.2) is 35.1 Å². The highest BCUT2D eigenvalue weighted by Gasteiger charge is 2.32. The third-order valence-electron chi connectivity index (χ3n) is 5.16. The number of benzene rings is 1. The van der Waals surface area contributed by atoms with Crippen molar-refractivity contribution in [3.63, 3.8) is 0 Å². The minimum atomic E-state index is -4.41. The van der Waals surface area contributed by atoms with Gasteiger partial charge in [-0.05, 0) is 37.3 Å². The third-order valence-corrected chi connectivity index (χ3v) is 6.57. The Bertz CT molecular complexity index is 1190. The van der Waals surface area contributed by atoms with Crippen LogP contribution in [0.25, 0.3) is 0 Å². The maximum atomic E-state index is 13.4. The molecule has 0 bridgehead atoms. The van der Waals surface area contributed by atoms with E-state index in [0.29, 0.717) is 48.2 Å². The average Bonchev–Trinajstić information content (AvgIpc) is 3.22. The number of thiophene rings is 1. The SMILES string of the molecule is Cc1nc(N2CCN(c3ccc(F)c(Cl)c3)CC2)nc(=O)n1Cc1ccc(C(F)(F)F)s1. The number of nitrogens with zero attached hydrogens (tertiary/aromatic N) is 5. The molecule has 170 valence electrons. The van der Waals surface area contributed by atoms with Crippen molar-refractivity contribution in [2.45, 2.75) is 19.6 Å². The number of aromatic nitrogens is 3. The van der Waals surface area contributed by atoms with Gasteiger partial charge in [-0.15, -0.1) is 11.3 Å². The van der Waals surface area contributed by atoms with Crippen LogP contribution in [0.3, 0.4) is 0 Å². The Labute approximate surface area is 189 Å². The molecule has 0 amide bonds. The maximum absolute atomic E-state index is 13.4. The lowest BCUT2D eigenvalue weighted by Gasteiger charge is -2.36. The van der Waals surface area contributed by atoms with Crippen LogP contribution >= 0.6 is 22.9 Å². The van der Waals surface area contributed by atoms with E-state index in [4.69, 9.17) is 11.6 Å². The molecule has 0 unspecified atom stereocenters. The van der Waals surface area contributed by atoms with Crippen molar-refractivity contribution in [1.29, 1.82) is 0 Å². The van der Waals surface area contributed by atoms with Crippen LogP contribution in [0, 0.1) is 12.7 Å². The Morgan fingerprint density at radius 1 is 1.06 bits per heavy atom. The Kier molecular flexibility index (Phi) is 6.13. The molecule has 1 aliphatic rings. The Morgan fingerprint density at radius 2 is 1.75 bits per heavy atom. The summed E-state index contributed by atoms with van der Waals surface area (Å²) in [4.78, 5) is 24.6. The summed E-state index contributed by atoms with van der Waals surface area (Å²) in [6.45, 7) is 3.88. The second kappa shape index (κ2) is 8.70. The largest absolute Gasteiger partial charge is 0.425 e. The van der Waals surface area contributed by atoms with E-state index >= 15 is 0 Å². The molecule has 1 saturated heterocycles. The number of rotatable bonds is 4. The smallest absolute Gasteiger partial charge is 0.368 e. The standard InChI is InChI=1S/C20H18ClF4N5OS/c1-12-26-18(27-19(31)30(12)11-14-3-5-17(32-14)20(23,24)25)29-8-6-28(7-9-29)13-2-4-16(22)15(21)10-13/h2-5,10H,6-9,11H2,1H3. The van der Waals surface area contributed by atoms with Gasteiger partial charge in [0.05, 0.1) is 11.6 Å².